The number of nitrogens with zero attached hydrogens (tertiary/aromatic N) is 1. The van der Waals surface area contributed by atoms with Crippen molar-refractivity contribution in [3.63, 3.8) is 0 Å². The molecule has 1 saturated heterocycles. The summed E-state index contributed by atoms with van der Waals surface area (Å²) in [6, 6.07) is 20.2. The zero-order valence-electron chi connectivity index (χ0n) is 25.3. The van der Waals surface area contributed by atoms with Gasteiger partial charge < -0.3 is 33.2 Å². The monoisotopic (exact) mass is 687 g/mol. The van der Waals surface area contributed by atoms with E-state index in [-0.39, 0.29) is 25.6 Å². The molecule has 12 heteroatoms. The molecule has 11 nitrogen and oxygen atoms in total. The Labute approximate surface area is 270 Å². The number of amides is 2. The molecule has 0 radical (unpaired) electrons. The van der Waals surface area contributed by atoms with Crippen LogP contribution in [0.25, 0.3) is 0 Å². The molecule has 1 N–H and O–H groups in total. The van der Waals surface area contributed by atoms with Crippen molar-refractivity contribution in [3.05, 3.63) is 93.9 Å². The van der Waals surface area contributed by atoms with Gasteiger partial charge in [0.1, 0.15) is 24.2 Å². The van der Waals surface area contributed by atoms with Crippen LogP contribution in [0.5, 0.6) is 0 Å². The van der Waals surface area contributed by atoms with Crippen molar-refractivity contribution < 1.29 is 47.6 Å². The Balaban J connectivity index is 1.36. The highest BCUT2D eigenvalue weighted by Gasteiger charge is 2.45. The molecule has 1 aliphatic rings. The maximum absolute atomic E-state index is 13.7. The Bertz CT molecular complexity index is 1380. The van der Waals surface area contributed by atoms with Gasteiger partial charge in [-0.2, -0.15) is 0 Å². The fourth-order valence-corrected chi connectivity index (χ4v) is 5.44. The molecule has 0 aliphatic carbocycles. The normalized spacial score (nSPS) is 16.7. The van der Waals surface area contributed by atoms with Crippen LogP contribution < -0.4 is 0 Å². The maximum Gasteiger partial charge on any atom is 0.417 e. The van der Waals surface area contributed by atoms with E-state index in [1.165, 1.54) is 14.0 Å². The van der Waals surface area contributed by atoms with Gasteiger partial charge in [0.15, 0.2) is 12.2 Å². The number of hydrogen-bond acceptors (Lipinski definition) is 10. The second kappa shape index (κ2) is 17.2. The number of aryl methyl sites for hydroxylation is 1. The Morgan fingerprint density at radius 3 is 2.42 bits per heavy atom. The first-order chi connectivity index (χ1) is 21.8. The third-order valence-electron chi connectivity index (χ3n) is 7.16. The van der Waals surface area contributed by atoms with Crippen molar-refractivity contribution in [1.82, 2.24) is 4.90 Å². The van der Waals surface area contributed by atoms with E-state index in [0.717, 1.165) is 16.0 Å². The number of aliphatic hydroxyl groups is 1. The smallest absolute Gasteiger partial charge is 0.417 e. The van der Waals surface area contributed by atoms with Crippen LogP contribution >= 0.6 is 15.9 Å². The quantitative estimate of drug-likeness (QED) is 0.156. The van der Waals surface area contributed by atoms with E-state index >= 15 is 0 Å². The second-order valence-electron chi connectivity index (χ2n) is 10.5. The number of benzene rings is 2. The zero-order valence-corrected chi connectivity index (χ0v) is 26.8. The van der Waals surface area contributed by atoms with Crippen LogP contribution in [-0.4, -0.2) is 79.8 Å². The molecule has 4 atom stereocenters. The van der Waals surface area contributed by atoms with Crippen LogP contribution in [0.15, 0.2) is 75.6 Å². The fraction of sp³-hybridized carbons (Fsp3) is 0.424. The predicted octanol–water partition coefficient (Wildman–Crippen LogP) is 4.78. The van der Waals surface area contributed by atoms with Crippen LogP contribution in [-0.2, 0) is 52.7 Å². The molecule has 2 amide bonds. The van der Waals surface area contributed by atoms with Gasteiger partial charge in [-0.15, -0.1) is 0 Å². The van der Waals surface area contributed by atoms with Gasteiger partial charge >= 0.3 is 12.1 Å². The molecule has 0 bridgehead atoms. The lowest BCUT2D eigenvalue weighted by Crippen LogP contribution is -2.48. The van der Waals surface area contributed by atoms with Gasteiger partial charge in [0.05, 0.1) is 30.3 Å². The topological polar surface area (TPSA) is 134 Å². The predicted molar refractivity (Wildman–Crippen MR) is 165 cm³/mol. The summed E-state index contributed by atoms with van der Waals surface area (Å²) in [5.74, 6) is -0.637. The summed E-state index contributed by atoms with van der Waals surface area (Å²) in [6.07, 6.45) is -2.46. The molecule has 2 aromatic carbocycles. The highest BCUT2D eigenvalue weighted by atomic mass is 79.9. The highest BCUT2D eigenvalue weighted by molar-refractivity contribution is 9.10. The van der Waals surface area contributed by atoms with E-state index in [0.29, 0.717) is 42.7 Å². The first-order valence-electron chi connectivity index (χ1n) is 14.7. The number of cyclic esters (lactones) is 1. The molecular formula is C33H38BrNO10. The van der Waals surface area contributed by atoms with E-state index in [9.17, 15) is 19.5 Å². The fourth-order valence-electron chi connectivity index (χ4n) is 4.93. The van der Waals surface area contributed by atoms with Crippen LogP contribution in [0.4, 0.5) is 4.79 Å². The molecule has 1 aliphatic heterocycles. The van der Waals surface area contributed by atoms with Gasteiger partial charge in [-0.1, -0.05) is 60.7 Å². The number of carbonyl (C=O) groups is 3. The largest absolute Gasteiger partial charge is 0.461 e. The average Bonchev–Trinajstić information content (AvgIpc) is 3.60. The van der Waals surface area contributed by atoms with Crippen LogP contribution in [0.3, 0.4) is 0 Å². The lowest BCUT2D eigenvalue weighted by molar-refractivity contribution is -0.164. The van der Waals surface area contributed by atoms with E-state index in [4.69, 9.17) is 28.1 Å². The third kappa shape index (κ3) is 9.72. The Morgan fingerprint density at radius 2 is 1.78 bits per heavy atom. The SMILES string of the molecule is COC(C(=O)N1C(=O)OCC1Cc1ccccc1)C(OC(C)=O)c1cc(Br)c(CCCOCC(CO)OCc2ccccc2)o1. The molecule has 1 aromatic heterocycles. The molecule has 4 unspecified atom stereocenters. The molecule has 45 heavy (non-hydrogen) atoms. The van der Waals surface area contributed by atoms with Gasteiger partial charge in [-0.05, 0) is 46.0 Å². The number of aliphatic hydroxyl groups excluding tert-OH is 1. The Hall–Kier alpha value is -3.55. The van der Waals surface area contributed by atoms with Crippen LogP contribution in [0, 0.1) is 0 Å². The van der Waals surface area contributed by atoms with E-state index in [1.807, 2.05) is 60.7 Å². The number of halogens is 1. The molecule has 242 valence electrons. The third-order valence-corrected chi connectivity index (χ3v) is 7.83. The van der Waals surface area contributed by atoms with Gasteiger partial charge in [-0.3, -0.25) is 9.59 Å². The number of methoxy groups -OCH3 is 1. The summed E-state index contributed by atoms with van der Waals surface area (Å²) < 4.78 is 34.4. The van der Waals surface area contributed by atoms with Crippen molar-refractivity contribution in [2.45, 2.75) is 57.1 Å². The Kier molecular flexibility index (Phi) is 13.1. The van der Waals surface area contributed by atoms with Crippen molar-refractivity contribution >= 4 is 33.9 Å². The number of imide groups is 1. The van der Waals surface area contributed by atoms with Crippen molar-refractivity contribution in [3.8, 4) is 0 Å². The number of hydrogen-bond donors (Lipinski definition) is 1. The number of ether oxygens (including phenoxy) is 5. The van der Waals surface area contributed by atoms with E-state index < -0.39 is 42.3 Å². The zero-order chi connectivity index (χ0) is 32.2. The van der Waals surface area contributed by atoms with Gasteiger partial charge in [-0.25, -0.2) is 9.69 Å². The lowest BCUT2D eigenvalue weighted by Gasteiger charge is -2.28. The maximum atomic E-state index is 13.7. The molecular weight excluding hydrogens is 650 g/mol. The summed E-state index contributed by atoms with van der Waals surface area (Å²) in [6.45, 7) is 2.05. The molecule has 1 fully saturated rings. The minimum Gasteiger partial charge on any atom is -0.461 e. The molecule has 2 heterocycles. The van der Waals surface area contributed by atoms with E-state index in [1.54, 1.807) is 6.07 Å². The minimum atomic E-state index is -1.38. The summed E-state index contributed by atoms with van der Waals surface area (Å²) in [7, 11) is 1.30. The van der Waals surface area contributed by atoms with Gasteiger partial charge in [0, 0.05) is 27.1 Å². The summed E-state index contributed by atoms with van der Waals surface area (Å²) >= 11 is 3.49. The first kappa shape index (κ1) is 34.3. The van der Waals surface area contributed by atoms with Crippen LogP contribution in [0.1, 0.15) is 42.1 Å². The molecule has 3 aromatic rings. The first-order valence-corrected chi connectivity index (χ1v) is 15.5. The summed E-state index contributed by atoms with van der Waals surface area (Å²) in [5, 5.41) is 9.64. The van der Waals surface area contributed by atoms with E-state index in [2.05, 4.69) is 15.9 Å². The molecule has 4 rings (SSSR count). The van der Waals surface area contributed by atoms with Crippen molar-refractivity contribution in [2.75, 3.05) is 33.5 Å². The van der Waals surface area contributed by atoms with Gasteiger partial charge in [0.25, 0.3) is 5.91 Å². The number of esters is 1. The standard InChI is InChI=1S/C33H38BrNO10/c1-22(37)44-30(31(40-2)32(38)35-25(20-43-33(35)39)16-23-10-5-3-6-11-23)29-17-27(34)28(45-29)14-9-15-41-21-26(18-36)42-19-24-12-7-4-8-13-24/h3-8,10-13,17,25-26,30-31,36H,9,14-16,18-21H2,1-2H3. The van der Waals surface area contributed by atoms with Gasteiger partial charge in [0.2, 0.25) is 0 Å². The molecule has 0 saturated carbocycles. The van der Waals surface area contributed by atoms with Crippen molar-refractivity contribution in [2.24, 2.45) is 0 Å². The highest BCUT2D eigenvalue weighted by Crippen LogP contribution is 2.33. The number of carbonyl (C=O) groups excluding carboxylic acids is 3. The lowest BCUT2D eigenvalue weighted by atomic mass is 10.0. The average molecular weight is 689 g/mol. The summed E-state index contributed by atoms with van der Waals surface area (Å²) in [5.41, 5.74) is 1.94. The Morgan fingerprint density at radius 1 is 1.09 bits per heavy atom. The molecule has 0 spiro atoms. The summed E-state index contributed by atoms with van der Waals surface area (Å²) in [4.78, 5) is 39.5. The van der Waals surface area contributed by atoms with Crippen LogP contribution in [0.2, 0.25) is 0 Å². The number of furan rings is 1. The minimum absolute atomic E-state index is 0.0326. The van der Waals surface area contributed by atoms with Crippen molar-refractivity contribution in [1.29, 1.82) is 0 Å². The number of rotatable bonds is 17. The second-order valence-corrected chi connectivity index (χ2v) is 11.4.